The third-order valence-electron chi connectivity index (χ3n) is 2.83. The number of anilines is 1. The molecule has 2 aromatic carbocycles. The maximum absolute atomic E-state index is 10.0. The van der Waals surface area contributed by atoms with Crippen LogP contribution in [0.5, 0.6) is 5.75 Å². The Balaban J connectivity index is 2.00. The lowest BCUT2D eigenvalue weighted by Crippen LogP contribution is -2.10. The molecule has 0 aliphatic rings. The highest BCUT2D eigenvalue weighted by molar-refractivity contribution is 9.10. The molecular formula is C15H16BrNO2. The summed E-state index contributed by atoms with van der Waals surface area (Å²) in [7, 11) is 0. The first-order chi connectivity index (χ1) is 9.06. The molecule has 0 saturated carbocycles. The SMILES string of the molecule is Cc1cc(OCC(O)c2cccc(N)c2)ccc1Br. The molecule has 0 saturated heterocycles. The Morgan fingerprint density at radius 1 is 1.26 bits per heavy atom. The number of rotatable bonds is 4. The van der Waals surface area contributed by atoms with Gasteiger partial charge in [-0.3, -0.25) is 0 Å². The van der Waals surface area contributed by atoms with Crippen LogP contribution in [0, 0.1) is 6.92 Å². The summed E-state index contributed by atoms with van der Waals surface area (Å²) in [5.41, 5.74) is 8.17. The molecule has 4 heteroatoms. The van der Waals surface area contributed by atoms with Gasteiger partial charge in [-0.05, 0) is 48.4 Å². The fourth-order valence-electron chi connectivity index (χ4n) is 1.74. The van der Waals surface area contributed by atoms with Crippen molar-refractivity contribution >= 4 is 21.6 Å². The van der Waals surface area contributed by atoms with Crippen LogP contribution in [0.15, 0.2) is 46.9 Å². The fourth-order valence-corrected chi connectivity index (χ4v) is 1.99. The zero-order valence-corrected chi connectivity index (χ0v) is 12.2. The molecule has 3 nitrogen and oxygen atoms in total. The number of benzene rings is 2. The Morgan fingerprint density at radius 2 is 2.05 bits per heavy atom. The Labute approximate surface area is 121 Å². The summed E-state index contributed by atoms with van der Waals surface area (Å²) in [6.45, 7) is 2.19. The second-order valence-electron chi connectivity index (χ2n) is 4.41. The van der Waals surface area contributed by atoms with Crippen molar-refractivity contribution in [2.75, 3.05) is 12.3 Å². The van der Waals surface area contributed by atoms with Crippen LogP contribution in [0.3, 0.4) is 0 Å². The number of halogens is 1. The van der Waals surface area contributed by atoms with Crippen molar-refractivity contribution in [2.24, 2.45) is 0 Å². The van der Waals surface area contributed by atoms with E-state index < -0.39 is 6.10 Å². The molecule has 0 spiro atoms. The number of hydrogen-bond acceptors (Lipinski definition) is 3. The van der Waals surface area contributed by atoms with Gasteiger partial charge in [-0.2, -0.15) is 0 Å². The molecule has 0 heterocycles. The van der Waals surface area contributed by atoms with Crippen LogP contribution < -0.4 is 10.5 Å². The van der Waals surface area contributed by atoms with Gasteiger partial charge in [0.1, 0.15) is 18.5 Å². The summed E-state index contributed by atoms with van der Waals surface area (Å²) in [6.07, 6.45) is -0.688. The predicted molar refractivity (Wildman–Crippen MR) is 80.2 cm³/mol. The Morgan fingerprint density at radius 3 is 2.74 bits per heavy atom. The van der Waals surface area contributed by atoms with E-state index in [2.05, 4.69) is 15.9 Å². The van der Waals surface area contributed by atoms with Crippen LogP contribution in [0.4, 0.5) is 5.69 Å². The third kappa shape index (κ3) is 3.72. The van der Waals surface area contributed by atoms with Gasteiger partial charge in [0.05, 0.1) is 0 Å². The molecule has 1 atom stereocenters. The van der Waals surface area contributed by atoms with Gasteiger partial charge < -0.3 is 15.6 Å². The van der Waals surface area contributed by atoms with E-state index in [1.54, 1.807) is 12.1 Å². The maximum atomic E-state index is 10.0. The van der Waals surface area contributed by atoms with Crippen LogP contribution in [0.1, 0.15) is 17.2 Å². The molecule has 0 bridgehead atoms. The Hall–Kier alpha value is -1.52. The molecule has 100 valence electrons. The van der Waals surface area contributed by atoms with Crippen molar-refractivity contribution in [2.45, 2.75) is 13.0 Å². The van der Waals surface area contributed by atoms with Gasteiger partial charge >= 0.3 is 0 Å². The number of aryl methyl sites for hydroxylation is 1. The molecule has 0 aliphatic heterocycles. The van der Waals surface area contributed by atoms with E-state index in [-0.39, 0.29) is 6.61 Å². The lowest BCUT2D eigenvalue weighted by Gasteiger charge is -2.13. The van der Waals surface area contributed by atoms with E-state index in [9.17, 15) is 5.11 Å². The largest absolute Gasteiger partial charge is 0.491 e. The average molecular weight is 322 g/mol. The molecule has 19 heavy (non-hydrogen) atoms. The van der Waals surface area contributed by atoms with Crippen LogP contribution in [-0.2, 0) is 0 Å². The molecule has 3 N–H and O–H groups in total. The molecular weight excluding hydrogens is 306 g/mol. The Kier molecular flexibility index (Phi) is 4.45. The minimum atomic E-state index is -0.688. The van der Waals surface area contributed by atoms with Crippen molar-refractivity contribution in [1.82, 2.24) is 0 Å². The maximum Gasteiger partial charge on any atom is 0.119 e. The fraction of sp³-hybridized carbons (Fsp3) is 0.200. The molecule has 2 aromatic rings. The van der Waals surface area contributed by atoms with E-state index in [0.29, 0.717) is 5.69 Å². The summed E-state index contributed by atoms with van der Waals surface area (Å²) in [5, 5.41) is 10.0. The van der Waals surface area contributed by atoms with Crippen LogP contribution in [0.2, 0.25) is 0 Å². The standard InChI is InChI=1S/C15H16BrNO2/c1-10-7-13(5-6-14(10)16)19-9-15(18)11-3-2-4-12(17)8-11/h2-8,15,18H,9,17H2,1H3. The third-order valence-corrected chi connectivity index (χ3v) is 3.72. The molecule has 0 fully saturated rings. The highest BCUT2D eigenvalue weighted by Crippen LogP contribution is 2.23. The van der Waals surface area contributed by atoms with Gasteiger partial charge in [0, 0.05) is 10.2 Å². The summed E-state index contributed by atoms with van der Waals surface area (Å²) in [4.78, 5) is 0. The number of aliphatic hydroxyl groups is 1. The zero-order valence-electron chi connectivity index (χ0n) is 10.6. The quantitative estimate of drug-likeness (QED) is 0.848. The molecule has 2 rings (SSSR count). The number of nitrogen functional groups attached to an aromatic ring is 1. The van der Waals surface area contributed by atoms with Gasteiger partial charge in [-0.15, -0.1) is 0 Å². The first-order valence-electron chi connectivity index (χ1n) is 5.98. The van der Waals surface area contributed by atoms with Gasteiger partial charge in [-0.25, -0.2) is 0 Å². The molecule has 0 amide bonds. The van der Waals surface area contributed by atoms with Crippen molar-refractivity contribution < 1.29 is 9.84 Å². The second kappa shape index (κ2) is 6.08. The number of ether oxygens (including phenoxy) is 1. The lowest BCUT2D eigenvalue weighted by atomic mass is 10.1. The number of hydrogen-bond donors (Lipinski definition) is 2. The molecule has 0 radical (unpaired) electrons. The van der Waals surface area contributed by atoms with E-state index in [4.69, 9.17) is 10.5 Å². The minimum absolute atomic E-state index is 0.199. The predicted octanol–water partition coefficient (Wildman–Crippen LogP) is 3.45. The normalized spacial score (nSPS) is 12.2. The first kappa shape index (κ1) is 13.9. The van der Waals surface area contributed by atoms with E-state index in [1.165, 1.54) is 0 Å². The summed E-state index contributed by atoms with van der Waals surface area (Å²) in [5.74, 6) is 0.739. The van der Waals surface area contributed by atoms with Crippen molar-refractivity contribution in [3.63, 3.8) is 0 Å². The molecule has 1 unspecified atom stereocenters. The topological polar surface area (TPSA) is 55.5 Å². The zero-order chi connectivity index (χ0) is 13.8. The summed E-state index contributed by atoms with van der Waals surface area (Å²) < 4.78 is 6.62. The number of aliphatic hydroxyl groups excluding tert-OH is 1. The average Bonchev–Trinajstić information content (AvgIpc) is 2.40. The van der Waals surface area contributed by atoms with Crippen LogP contribution >= 0.6 is 15.9 Å². The monoisotopic (exact) mass is 321 g/mol. The number of nitrogens with two attached hydrogens (primary N) is 1. The lowest BCUT2D eigenvalue weighted by molar-refractivity contribution is 0.108. The van der Waals surface area contributed by atoms with Crippen molar-refractivity contribution in [3.05, 3.63) is 58.1 Å². The van der Waals surface area contributed by atoms with Gasteiger partial charge in [0.25, 0.3) is 0 Å². The summed E-state index contributed by atoms with van der Waals surface area (Å²) in [6, 6.07) is 12.9. The molecule has 0 aromatic heterocycles. The minimum Gasteiger partial charge on any atom is -0.491 e. The van der Waals surface area contributed by atoms with E-state index in [0.717, 1.165) is 21.3 Å². The highest BCUT2D eigenvalue weighted by Gasteiger charge is 2.09. The first-order valence-corrected chi connectivity index (χ1v) is 6.78. The van der Waals surface area contributed by atoms with Gasteiger partial charge in [-0.1, -0.05) is 28.1 Å². The second-order valence-corrected chi connectivity index (χ2v) is 5.26. The van der Waals surface area contributed by atoms with Gasteiger partial charge in [0.15, 0.2) is 0 Å². The smallest absolute Gasteiger partial charge is 0.119 e. The molecule has 0 aliphatic carbocycles. The van der Waals surface area contributed by atoms with E-state index in [1.807, 2.05) is 37.3 Å². The highest BCUT2D eigenvalue weighted by atomic mass is 79.9. The van der Waals surface area contributed by atoms with E-state index >= 15 is 0 Å². The summed E-state index contributed by atoms with van der Waals surface area (Å²) >= 11 is 3.44. The van der Waals surface area contributed by atoms with Crippen molar-refractivity contribution in [3.8, 4) is 5.75 Å². The van der Waals surface area contributed by atoms with Crippen LogP contribution in [-0.4, -0.2) is 11.7 Å². The van der Waals surface area contributed by atoms with Crippen molar-refractivity contribution in [1.29, 1.82) is 0 Å². The Bertz CT molecular complexity index is 572. The van der Waals surface area contributed by atoms with Gasteiger partial charge in [0.2, 0.25) is 0 Å². The van der Waals surface area contributed by atoms with Crippen LogP contribution in [0.25, 0.3) is 0 Å².